The van der Waals surface area contributed by atoms with Gasteiger partial charge in [0.25, 0.3) is 0 Å². The molecule has 0 saturated carbocycles. The fourth-order valence-corrected chi connectivity index (χ4v) is 3.75. The van der Waals surface area contributed by atoms with E-state index in [0.29, 0.717) is 17.6 Å². The highest BCUT2D eigenvalue weighted by atomic mass is 79.9. The molecule has 0 saturated heterocycles. The molecule has 8 heteroatoms. The molecule has 146 valence electrons. The number of hydrogen-bond donors (Lipinski definition) is 2. The molecule has 0 fully saturated rings. The van der Waals surface area contributed by atoms with E-state index >= 15 is 0 Å². The zero-order valence-corrected chi connectivity index (χ0v) is 18.3. The van der Waals surface area contributed by atoms with Gasteiger partial charge in [0.05, 0.1) is 5.75 Å². The number of nitrogens with one attached hydrogen (secondary N) is 2. The Labute approximate surface area is 176 Å². The van der Waals surface area contributed by atoms with Crippen molar-refractivity contribution in [3.05, 3.63) is 63.4 Å². The molecule has 0 unspecified atom stereocenters. The van der Waals surface area contributed by atoms with Crippen LogP contribution < -0.4 is 10.1 Å². The standard InChI is InChI=1S/C20H21BrN4O2S/c1-12-5-4-6-13(2)19(12)27-10-17-23-20(25-24-17)28-11-18(26)22-16-8-7-15(21)9-14(16)3/h4-9H,10-11H2,1-3H3,(H,22,26)(H,23,24,25). The maximum absolute atomic E-state index is 12.2. The van der Waals surface area contributed by atoms with Gasteiger partial charge in [0.15, 0.2) is 5.82 Å². The summed E-state index contributed by atoms with van der Waals surface area (Å²) >= 11 is 4.69. The van der Waals surface area contributed by atoms with Crippen molar-refractivity contribution in [1.82, 2.24) is 15.2 Å². The smallest absolute Gasteiger partial charge is 0.234 e. The minimum atomic E-state index is -0.103. The quantitative estimate of drug-likeness (QED) is 0.494. The number of para-hydroxylation sites is 1. The number of rotatable bonds is 7. The molecule has 0 radical (unpaired) electrons. The predicted molar refractivity (Wildman–Crippen MR) is 115 cm³/mol. The van der Waals surface area contributed by atoms with Gasteiger partial charge in [-0.15, -0.1) is 5.10 Å². The number of H-pyrrole nitrogens is 1. The Bertz CT molecular complexity index is 970. The Balaban J connectivity index is 1.51. The summed E-state index contributed by atoms with van der Waals surface area (Å²) in [6.45, 7) is 6.26. The van der Waals surface area contributed by atoms with Crippen molar-refractivity contribution in [2.75, 3.05) is 11.1 Å². The van der Waals surface area contributed by atoms with Crippen LogP contribution in [0.1, 0.15) is 22.5 Å². The Morgan fingerprint density at radius 1 is 1.18 bits per heavy atom. The van der Waals surface area contributed by atoms with Gasteiger partial charge in [0, 0.05) is 10.2 Å². The number of aryl methyl sites for hydroxylation is 3. The lowest BCUT2D eigenvalue weighted by Crippen LogP contribution is -2.14. The van der Waals surface area contributed by atoms with E-state index in [0.717, 1.165) is 32.6 Å². The summed E-state index contributed by atoms with van der Waals surface area (Å²) < 4.78 is 6.85. The summed E-state index contributed by atoms with van der Waals surface area (Å²) in [5.74, 6) is 1.60. The maximum Gasteiger partial charge on any atom is 0.234 e. The Morgan fingerprint density at radius 3 is 2.64 bits per heavy atom. The van der Waals surface area contributed by atoms with Crippen molar-refractivity contribution < 1.29 is 9.53 Å². The van der Waals surface area contributed by atoms with Gasteiger partial charge >= 0.3 is 0 Å². The molecule has 28 heavy (non-hydrogen) atoms. The van der Waals surface area contributed by atoms with Crippen LogP contribution in [0.4, 0.5) is 5.69 Å². The van der Waals surface area contributed by atoms with Crippen molar-refractivity contribution in [2.45, 2.75) is 32.5 Å². The van der Waals surface area contributed by atoms with Gasteiger partial charge in [-0.25, -0.2) is 4.98 Å². The lowest BCUT2D eigenvalue weighted by Gasteiger charge is -2.10. The van der Waals surface area contributed by atoms with Gasteiger partial charge in [0.1, 0.15) is 12.4 Å². The summed E-state index contributed by atoms with van der Waals surface area (Å²) in [5, 5.41) is 10.4. The van der Waals surface area contributed by atoms with Crippen LogP contribution >= 0.6 is 27.7 Å². The number of ether oxygens (including phenoxy) is 1. The minimum Gasteiger partial charge on any atom is -0.485 e. The van der Waals surface area contributed by atoms with Crippen LogP contribution in [0.5, 0.6) is 5.75 Å². The zero-order valence-electron chi connectivity index (χ0n) is 15.9. The SMILES string of the molecule is Cc1cc(Br)ccc1NC(=O)CSc1n[nH]c(COc2c(C)cccc2C)n1. The number of carbonyl (C=O) groups is 1. The number of amides is 1. The topological polar surface area (TPSA) is 79.9 Å². The molecule has 0 atom stereocenters. The number of carbonyl (C=O) groups excluding carboxylic acids is 1. The summed E-state index contributed by atoms with van der Waals surface area (Å²) in [6.07, 6.45) is 0. The number of benzene rings is 2. The highest BCUT2D eigenvalue weighted by Gasteiger charge is 2.11. The van der Waals surface area contributed by atoms with E-state index in [9.17, 15) is 4.79 Å². The highest BCUT2D eigenvalue weighted by Crippen LogP contribution is 2.24. The van der Waals surface area contributed by atoms with E-state index < -0.39 is 0 Å². The van der Waals surface area contributed by atoms with Crippen LogP contribution in [-0.2, 0) is 11.4 Å². The van der Waals surface area contributed by atoms with Crippen molar-refractivity contribution in [1.29, 1.82) is 0 Å². The Morgan fingerprint density at radius 2 is 1.93 bits per heavy atom. The first-order valence-electron chi connectivity index (χ1n) is 8.71. The number of hydrogen-bond acceptors (Lipinski definition) is 5. The molecule has 0 aliphatic heterocycles. The molecule has 3 aromatic rings. The largest absolute Gasteiger partial charge is 0.485 e. The first-order valence-corrected chi connectivity index (χ1v) is 10.5. The van der Waals surface area contributed by atoms with Crippen LogP contribution in [0.3, 0.4) is 0 Å². The summed E-state index contributed by atoms with van der Waals surface area (Å²) in [4.78, 5) is 16.6. The molecule has 0 spiro atoms. The van der Waals surface area contributed by atoms with Gasteiger partial charge in [0.2, 0.25) is 11.1 Å². The summed E-state index contributed by atoms with van der Waals surface area (Å²) in [7, 11) is 0. The first-order chi connectivity index (χ1) is 13.4. The van der Waals surface area contributed by atoms with Crippen molar-refractivity contribution in [3.8, 4) is 5.75 Å². The number of aromatic amines is 1. The van der Waals surface area contributed by atoms with Crippen LogP contribution in [0, 0.1) is 20.8 Å². The maximum atomic E-state index is 12.2. The van der Waals surface area contributed by atoms with E-state index in [1.54, 1.807) is 0 Å². The number of aromatic nitrogens is 3. The van der Waals surface area contributed by atoms with E-state index in [2.05, 4.69) is 36.4 Å². The highest BCUT2D eigenvalue weighted by molar-refractivity contribution is 9.10. The molecule has 1 heterocycles. The Hall–Kier alpha value is -2.32. The second-order valence-electron chi connectivity index (χ2n) is 6.37. The van der Waals surface area contributed by atoms with Crippen molar-refractivity contribution >= 4 is 39.3 Å². The molecular weight excluding hydrogens is 440 g/mol. The van der Waals surface area contributed by atoms with Gasteiger partial charge in [-0.05, 0) is 55.7 Å². The van der Waals surface area contributed by atoms with Gasteiger partial charge < -0.3 is 10.1 Å². The van der Waals surface area contributed by atoms with Crippen LogP contribution in [-0.4, -0.2) is 26.8 Å². The van der Waals surface area contributed by atoms with Crippen LogP contribution in [0.25, 0.3) is 0 Å². The molecular formula is C20H21BrN4O2S. The number of halogens is 1. The lowest BCUT2D eigenvalue weighted by molar-refractivity contribution is -0.113. The fraction of sp³-hybridized carbons (Fsp3) is 0.250. The summed E-state index contributed by atoms with van der Waals surface area (Å²) in [5.41, 5.74) is 3.95. The number of anilines is 1. The molecule has 0 aliphatic carbocycles. The van der Waals surface area contributed by atoms with E-state index in [1.807, 2.05) is 57.2 Å². The minimum absolute atomic E-state index is 0.103. The molecule has 6 nitrogen and oxygen atoms in total. The average Bonchev–Trinajstić information content (AvgIpc) is 3.10. The van der Waals surface area contributed by atoms with E-state index in [1.165, 1.54) is 11.8 Å². The molecule has 1 aromatic heterocycles. The van der Waals surface area contributed by atoms with E-state index in [-0.39, 0.29) is 11.7 Å². The van der Waals surface area contributed by atoms with Gasteiger partial charge in [-0.1, -0.05) is 45.9 Å². The third-order valence-corrected chi connectivity index (χ3v) is 5.41. The fourth-order valence-electron chi connectivity index (χ4n) is 2.66. The summed E-state index contributed by atoms with van der Waals surface area (Å²) in [6, 6.07) is 11.7. The second-order valence-corrected chi connectivity index (χ2v) is 8.23. The first kappa shape index (κ1) is 20.4. The van der Waals surface area contributed by atoms with Crippen molar-refractivity contribution in [3.63, 3.8) is 0 Å². The average molecular weight is 461 g/mol. The van der Waals surface area contributed by atoms with Crippen molar-refractivity contribution in [2.24, 2.45) is 0 Å². The normalized spacial score (nSPS) is 10.7. The molecule has 1 amide bonds. The Kier molecular flexibility index (Phi) is 6.74. The molecule has 0 aliphatic rings. The monoisotopic (exact) mass is 460 g/mol. The molecule has 0 bridgehead atoms. The molecule has 3 rings (SSSR count). The number of nitrogens with zero attached hydrogens (tertiary/aromatic N) is 2. The number of thioether (sulfide) groups is 1. The third-order valence-electron chi connectivity index (χ3n) is 4.07. The zero-order chi connectivity index (χ0) is 20.1. The molecule has 2 aromatic carbocycles. The molecule has 2 N–H and O–H groups in total. The lowest BCUT2D eigenvalue weighted by atomic mass is 10.1. The predicted octanol–water partition coefficient (Wildman–Crippen LogP) is 4.80. The second kappa shape index (κ2) is 9.25. The van der Waals surface area contributed by atoms with Gasteiger partial charge in [-0.3, -0.25) is 9.89 Å². The van der Waals surface area contributed by atoms with Gasteiger partial charge in [-0.2, -0.15) is 0 Å². The van der Waals surface area contributed by atoms with Crippen LogP contribution in [0.15, 0.2) is 46.0 Å². The van der Waals surface area contributed by atoms with Crippen LogP contribution in [0.2, 0.25) is 0 Å². The third kappa shape index (κ3) is 5.36. The van der Waals surface area contributed by atoms with E-state index in [4.69, 9.17) is 4.74 Å².